The van der Waals surface area contributed by atoms with E-state index in [0.717, 1.165) is 31.4 Å². The topological polar surface area (TPSA) is 67.1 Å². The lowest BCUT2D eigenvalue weighted by atomic mass is 10.1. The monoisotopic (exact) mass is 320 g/mol. The molecule has 2 N–H and O–H groups in total. The SMILES string of the molecule is CCNC(=NCc1nncn1CC)NCC(C)c1ccsc1. The fourth-order valence-corrected chi connectivity index (χ4v) is 2.86. The Hall–Kier alpha value is -1.89. The van der Waals surface area contributed by atoms with Crippen molar-refractivity contribution in [2.75, 3.05) is 13.1 Å². The van der Waals surface area contributed by atoms with E-state index in [1.165, 1.54) is 5.56 Å². The molecule has 1 unspecified atom stereocenters. The van der Waals surface area contributed by atoms with Gasteiger partial charge < -0.3 is 15.2 Å². The van der Waals surface area contributed by atoms with Crippen LogP contribution in [0.3, 0.4) is 0 Å². The van der Waals surface area contributed by atoms with Crippen LogP contribution in [0.15, 0.2) is 28.1 Å². The highest BCUT2D eigenvalue weighted by Gasteiger charge is 2.07. The van der Waals surface area contributed by atoms with Crippen molar-refractivity contribution in [2.45, 2.75) is 39.8 Å². The van der Waals surface area contributed by atoms with E-state index in [1.807, 2.05) is 4.57 Å². The van der Waals surface area contributed by atoms with Crippen LogP contribution in [0.1, 0.15) is 38.1 Å². The summed E-state index contributed by atoms with van der Waals surface area (Å²) in [6.45, 7) is 9.41. The lowest BCUT2D eigenvalue weighted by molar-refractivity contribution is 0.682. The van der Waals surface area contributed by atoms with Crippen molar-refractivity contribution >= 4 is 17.3 Å². The van der Waals surface area contributed by atoms with E-state index in [1.54, 1.807) is 17.7 Å². The zero-order valence-electron chi connectivity index (χ0n) is 13.4. The van der Waals surface area contributed by atoms with Crippen LogP contribution in [0.5, 0.6) is 0 Å². The first kappa shape index (κ1) is 16.5. The van der Waals surface area contributed by atoms with Crippen molar-refractivity contribution in [2.24, 2.45) is 4.99 Å². The molecule has 2 rings (SSSR count). The lowest BCUT2D eigenvalue weighted by Crippen LogP contribution is -2.39. The molecule has 0 saturated carbocycles. The minimum Gasteiger partial charge on any atom is -0.357 e. The minimum absolute atomic E-state index is 0.453. The smallest absolute Gasteiger partial charge is 0.191 e. The van der Waals surface area contributed by atoms with E-state index < -0.39 is 0 Å². The molecule has 0 aliphatic rings. The molecular formula is C15H24N6S. The third-order valence-corrected chi connectivity index (χ3v) is 4.15. The highest BCUT2D eigenvalue weighted by atomic mass is 32.1. The first-order chi connectivity index (χ1) is 10.7. The van der Waals surface area contributed by atoms with Gasteiger partial charge in [-0.2, -0.15) is 11.3 Å². The Morgan fingerprint density at radius 3 is 2.95 bits per heavy atom. The van der Waals surface area contributed by atoms with Gasteiger partial charge in [0.25, 0.3) is 0 Å². The lowest BCUT2D eigenvalue weighted by Gasteiger charge is -2.15. The molecule has 2 heterocycles. The molecule has 0 spiro atoms. The van der Waals surface area contributed by atoms with Gasteiger partial charge in [-0.25, -0.2) is 4.99 Å². The second-order valence-electron chi connectivity index (χ2n) is 5.07. The Morgan fingerprint density at radius 2 is 2.27 bits per heavy atom. The zero-order chi connectivity index (χ0) is 15.8. The number of aryl methyl sites for hydroxylation is 1. The molecule has 0 aromatic carbocycles. The van der Waals surface area contributed by atoms with Crippen LogP contribution in [0, 0.1) is 0 Å². The Morgan fingerprint density at radius 1 is 1.41 bits per heavy atom. The van der Waals surface area contributed by atoms with Crippen LogP contribution in [-0.2, 0) is 13.1 Å². The molecule has 0 saturated heterocycles. The number of hydrogen-bond acceptors (Lipinski definition) is 4. The number of rotatable bonds is 7. The molecule has 0 radical (unpaired) electrons. The summed E-state index contributed by atoms with van der Waals surface area (Å²) in [5.41, 5.74) is 1.36. The van der Waals surface area contributed by atoms with Crippen molar-refractivity contribution < 1.29 is 0 Å². The largest absolute Gasteiger partial charge is 0.357 e. The van der Waals surface area contributed by atoms with Crippen LogP contribution in [0.2, 0.25) is 0 Å². The van der Waals surface area contributed by atoms with Crippen LogP contribution >= 0.6 is 11.3 Å². The number of nitrogens with zero attached hydrogens (tertiary/aromatic N) is 4. The van der Waals surface area contributed by atoms with E-state index in [2.05, 4.69) is 63.4 Å². The Balaban J connectivity index is 1.92. The first-order valence-corrected chi connectivity index (χ1v) is 8.59. The van der Waals surface area contributed by atoms with Crippen molar-refractivity contribution in [3.8, 4) is 0 Å². The zero-order valence-corrected chi connectivity index (χ0v) is 14.2. The molecule has 2 aromatic rings. The molecule has 22 heavy (non-hydrogen) atoms. The fraction of sp³-hybridized carbons (Fsp3) is 0.533. The summed E-state index contributed by atoms with van der Waals surface area (Å²) in [4.78, 5) is 4.59. The summed E-state index contributed by atoms with van der Waals surface area (Å²) in [7, 11) is 0. The van der Waals surface area contributed by atoms with E-state index in [9.17, 15) is 0 Å². The van der Waals surface area contributed by atoms with Gasteiger partial charge in [0.05, 0.1) is 0 Å². The fourth-order valence-electron chi connectivity index (χ4n) is 2.08. The van der Waals surface area contributed by atoms with Crippen LogP contribution in [0.25, 0.3) is 0 Å². The summed E-state index contributed by atoms with van der Waals surface area (Å²) in [6.07, 6.45) is 1.74. The Labute approximate surface area is 135 Å². The Kier molecular flexibility index (Phi) is 6.39. The molecule has 120 valence electrons. The second kappa shape index (κ2) is 8.53. The first-order valence-electron chi connectivity index (χ1n) is 7.65. The van der Waals surface area contributed by atoms with Gasteiger partial charge in [0.2, 0.25) is 0 Å². The number of hydrogen-bond donors (Lipinski definition) is 2. The predicted octanol–water partition coefficient (Wildman–Crippen LogP) is 2.22. The van der Waals surface area contributed by atoms with Crippen LogP contribution in [0.4, 0.5) is 0 Å². The molecule has 1 atom stereocenters. The number of thiophene rings is 1. The summed E-state index contributed by atoms with van der Waals surface area (Å²) in [5.74, 6) is 2.15. The number of guanidine groups is 1. The van der Waals surface area contributed by atoms with Gasteiger partial charge in [-0.1, -0.05) is 6.92 Å². The van der Waals surface area contributed by atoms with Crippen molar-refractivity contribution in [3.05, 3.63) is 34.5 Å². The molecule has 7 heteroatoms. The van der Waals surface area contributed by atoms with Gasteiger partial charge >= 0.3 is 0 Å². The van der Waals surface area contributed by atoms with Crippen LogP contribution in [-0.4, -0.2) is 33.8 Å². The highest BCUT2D eigenvalue weighted by Crippen LogP contribution is 2.16. The van der Waals surface area contributed by atoms with Gasteiger partial charge in [-0.3, -0.25) is 0 Å². The van der Waals surface area contributed by atoms with Gasteiger partial charge in [0.1, 0.15) is 12.9 Å². The van der Waals surface area contributed by atoms with Crippen molar-refractivity contribution in [1.82, 2.24) is 25.4 Å². The maximum Gasteiger partial charge on any atom is 0.191 e. The average molecular weight is 320 g/mol. The maximum absolute atomic E-state index is 4.59. The van der Waals surface area contributed by atoms with Gasteiger partial charge in [0.15, 0.2) is 11.8 Å². The molecule has 0 aliphatic heterocycles. The third kappa shape index (κ3) is 4.56. The van der Waals surface area contributed by atoms with E-state index in [0.29, 0.717) is 12.5 Å². The Bertz CT molecular complexity index is 575. The summed E-state index contributed by atoms with van der Waals surface area (Å²) in [5, 5.41) is 19.0. The number of aliphatic imine (C=N–C) groups is 1. The van der Waals surface area contributed by atoms with Crippen molar-refractivity contribution in [1.29, 1.82) is 0 Å². The number of nitrogens with one attached hydrogen (secondary N) is 2. The van der Waals surface area contributed by atoms with Gasteiger partial charge in [-0.05, 0) is 42.2 Å². The molecular weight excluding hydrogens is 296 g/mol. The van der Waals surface area contributed by atoms with E-state index >= 15 is 0 Å². The molecule has 0 aliphatic carbocycles. The van der Waals surface area contributed by atoms with Gasteiger partial charge in [-0.15, -0.1) is 10.2 Å². The maximum atomic E-state index is 4.59. The summed E-state index contributed by atoms with van der Waals surface area (Å²) >= 11 is 1.73. The molecule has 0 fully saturated rings. The van der Waals surface area contributed by atoms with Crippen molar-refractivity contribution in [3.63, 3.8) is 0 Å². The quantitative estimate of drug-likeness (QED) is 0.606. The summed E-state index contributed by atoms with van der Waals surface area (Å²) in [6, 6.07) is 2.17. The molecule has 6 nitrogen and oxygen atoms in total. The minimum atomic E-state index is 0.453. The average Bonchev–Trinajstić information content (AvgIpc) is 3.20. The third-order valence-electron chi connectivity index (χ3n) is 3.45. The standard InChI is InChI=1S/C15H24N6S/c1-4-16-15(17-8-12(3)13-6-7-22-10-13)18-9-14-20-19-11-21(14)5-2/h6-7,10-12H,4-5,8-9H2,1-3H3,(H2,16,17,18). The van der Waals surface area contributed by atoms with E-state index in [4.69, 9.17) is 0 Å². The van der Waals surface area contributed by atoms with E-state index in [-0.39, 0.29) is 0 Å². The number of aromatic nitrogens is 3. The molecule has 0 amide bonds. The normalized spacial score (nSPS) is 13.1. The van der Waals surface area contributed by atoms with Gasteiger partial charge in [0, 0.05) is 19.6 Å². The summed E-state index contributed by atoms with van der Waals surface area (Å²) < 4.78 is 2.00. The second-order valence-corrected chi connectivity index (χ2v) is 5.85. The predicted molar refractivity (Wildman–Crippen MR) is 91.2 cm³/mol. The molecule has 0 bridgehead atoms. The highest BCUT2D eigenvalue weighted by molar-refractivity contribution is 7.07. The van der Waals surface area contributed by atoms with Crippen LogP contribution < -0.4 is 10.6 Å². The molecule has 2 aromatic heterocycles.